The van der Waals surface area contributed by atoms with Gasteiger partial charge in [0.05, 0.1) is 12.8 Å². The molecular weight excluding hydrogens is 396 g/mol. The van der Waals surface area contributed by atoms with Gasteiger partial charge in [-0.1, -0.05) is 30.3 Å². The lowest BCUT2D eigenvalue weighted by atomic mass is 10.2. The van der Waals surface area contributed by atoms with Gasteiger partial charge < -0.3 is 24.8 Å². The number of benzene rings is 3. The van der Waals surface area contributed by atoms with Crippen LogP contribution < -0.4 is 20.1 Å². The van der Waals surface area contributed by atoms with Crippen LogP contribution in [0.25, 0.3) is 0 Å². The summed E-state index contributed by atoms with van der Waals surface area (Å²) in [6, 6.07) is 23.9. The van der Waals surface area contributed by atoms with E-state index in [1.54, 1.807) is 36.4 Å². The van der Waals surface area contributed by atoms with Crippen molar-refractivity contribution in [2.24, 2.45) is 0 Å². The Morgan fingerprint density at radius 1 is 0.871 bits per heavy atom. The number of carbonyl (C=O) groups is 2. The Morgan fingerprint density at radius 2 is 1.52 bits per heavy atom. The molecule has 1 atom stereocenters. The fraction of sp³-hybridized carbons (Fsp3) is 0.167. The molecule has 0 aliphatic carbocycles. The van der Waals surface area contributed by atoms with Crippen molar-refractivity contribution in [3.8, 4) is 11.5 Å². The van der Waals surface area contributed by atoms with E-state index in [4.69, 9.17) is 14.2 Å². The summed E-state index contributed by atoms with van der Waals surface area (Å²) in [6.07, 6.45) is -0.988. The number of esters is 1. The van der Waals surface area contributed by atoms with Crippen molar-refractivity contribution in [3.05, 3.63) is 78.9 Å². The number of amides is 1. The lowest BCUT2D eigenvalue weighted by molar-refractivity contribution is -0.155. The van der Waals surface area contributed by atoms with Crippen LogP contribution in [0.1, 0.15) is 6.92 Å². The summed E-state index contributed by atoms with van der Waals surface area (Å²) in [5, 5.41) is 5.94. The Labute approximate surface area is 180 Å². The summed E-state index contributed by atoms with van der Waals surface area (Å²) in [5.41, 5.74) is 2.36. The maximum atomic E-state index is 12.3. The molecule has 0 radical (unpaired) electrons. The third-order valence-electron chi connectivity index (χ3n) is 4.32. The summed E-state index contributed by atoms with van der Waals surface area (Å²) in [7, 11) is 1.51. The molecule has 3 aromatic carbocycles. The summed E-state index contributed by atoms with van der Waals surface area (Å²) in [6.45, 7) is 1.18. The molecule has 0 spiro atoms. The van der Waals surface area contributed by atoms with Gasteiger partial charge in [-0.05, 0) is 55.5 Å². The van der Waals surface area contributed by atoms with E-state index in [-0.39, 0.29) is 6.61 Å². The third-order valence-corrected chi connectivity index (χ3v) is 4.32. The first kappa shape index (κ1) is 21.7. The van der Waals surface area contributed by atoms with Gasteiger partial charge in [-0.3, -0.25) is 4.79 Å². The predicted molar refractivity (Wildman–Crippen MR) is 119 cm³/mol. The highest BCUT2D eigenvalue weighted by Gasteiger charge is 2.19. The average Bonchev–Trinajstić information content (AvgIpc) is 2.79. The normalized spacial score (nSPS) is 11.2. The molecule has 31 heavy (non-hydrogen) atoms. The molecular formula is C24H24N2O5. The first-order valence-electron chi connectivity index (χ1n) is 9.73. The molecule has 0 aromatic heterocycles. The van der Waals surface area contributed by atoms with E-state index >= 15 is 0 Å². The van der Waals surface area contributed by atoms with Crippen molar-refractivity contribution in [2.45, 2.75) is 13.0 Å². The van der Waals surface area contributed by atoms with Gasteiger partial charge in [-0.25, -0.2) is 4.79 Å². The van der Waals surface area contributed by atoms with Crippen LogP contribution in [0.5, 0.6) is 11.5 Å². The number of para-hydroxylation sites is 3. The van der Waals surface area contributed by atoms with Crippen molar-refractivity contribution >= 4 is 28.9 Å². The Hall–Kier alpha value is -4.00. The van der Waals surface area contributed by atoms with Crippen LogP contribution in [0.15, 0.2) is 78.9 Å². The molecule has 0 bridgehead atoms. The quantitative estimate of drug-likeness (QED) is 0.500. The fourth-order valence-corrected chi connectivity index (χ4v) is 2.73. The lowest BCUT2D eigenvalue weighted by Gasteiger charge is -2.15. The van der Waals surface area contributed by atoms with Gasteiger partial charge >= 0.3 is 5.97 Å². The summed E-state index contributed by atoms with van der Waals surface area (Å²) in [5.74, 6) is -0.0760. The van der Waals surface area contributed by atoms with E-state index in [0.717, 1.165) is 11.4 Å². The Balaban J connectivity index is 1.45. The van der Waals surface area contributed by atoms with Gasteiger partial charge in [0, 0.05) is 11.4 Å². The molecule has 0 unspecified atom stereocenters. The highest BCUT2D eigenvalue weighted by molar-refractivity contribution is 5.96. The summed E-state index contributed by atoms with van der Waals surface area (Å²) >= 11 is 0. The fourth-order valence-electron chi connectivity index (χ4n) is 2.73. The number of carbonyl (C=O) groups excluding carboxylic acids is 2. The first-order chi connectivity index (χ1) is 15.0. The van der Waals surface area contributed by atoms with E-state index in [0.29, 0.717) is 17.2 Å². The van der Waals surface area contributed by atoms with Crippen LogP contribution in [-0.4, -0.2) is 31.7 Å². The molecule has 0 saturated carbocycles. The molecule has 0 saturated heterocycles. The molecule has 0 aliphatic rings. The largest absolute Gasteiger partial charge is 0.495 e. The maximum absolute atomic E-state index is 12.3. The van der Waals surface area contributed by atoms with Crippen molar-refractivity contribution in [1.29, 1.82) is 0 Å². The number of anilines is 3. The SMILES string of the molecule is COc1ccccc1NC(=O)[C@@H](C)OC(=O)COc1ccc(Nc2ccccc2)cc1. The number of nitrogens with one attached hydrogen (secondary N) is 2. The Morgan fingerprint density at radius 3 is 2.23 bits per heavy atom. The molecule has 0 aliphatic heterocycles. The van der Waals surface area contributed by atoms with Gasteiger partial charge in [0.1, 0.15) is 11.5 Å². The van der Waals surface area contributed by atoms with E-state index in [2.05, 4.69) is 10.6 Å². The first-order valence-corrected chi connectivity index (χ1v) is 9.73. The Bertz CT molecular complexity index is 1010. The van der Waals surface area contributed by atoms with Crippen molar-refractivity contribution in [3.63, 3.8) is 0 Å². The average molecular weight is 420 g/mol. The maximum Gasteiger partial charge on any atom is 0.344 e. The molecule has 0 heterocycles. The molecule has 7 heteroatoms. The van der Waals surface area contributed by atoms with Crippen molar-refractivity contribution in [1.82, 2.24) is 0 Å². The van der Waals surface area contributed by atoms with Gasteiger partial charge in [-0.2, -0.15) is 0 Å². The van der Waals surface area contributed by atoms with Crippen molar-refractivity contribution in [2.75, 3.05) is 24.4 Å². The van der Waals surface area contributed by atoms with Gasteiger partial charge in [0.25, 0.3) is 5.91 Å². The molecule has 3 rings (SSSR count). The minimum absolute atomic E-state index is 0.308. The van der Waals surface area contributed by atoms with E-state index < -0.39 is 18.0 Å². The van der Waals surface area contributed by atoms with E-state index in [1.807, 2.05) is 42.5 Å². The van der Waals surface area contributed by atoms with Crippen LogP contribution in [0.3, 0.4) is 0 Å². The highest BCUT2D eigenvalue weighted by Crippen LogP contribution is 2.23. The standard InChI is InChI=1S/C24H24N2O5/c1-17(24(28)26-21-10-6-7-11-22(21)29-2)31-23(27)16-30-20-14-12-19(13-15-20)25-18-8-4-3-5-9-18/h3-15,17,25H,16H2,1-2H3,(H,26,28)/t17-/m1/s1. The van der Waals surface area contributed by atoms with Gasteiger partial charge in [-0.15, -0.1) is 0 Å². The number of ether oxygens (including phenoxy) is 3. The number of hydrogen-bond acceptors (Lipinski definition) is 6. The van der Waals surface area contributed by atoms with E-state index in [1.165, 1.54) is 14.0 Å². The molecule has 3 aromatic rings. The number of hydrogen-bond donors (Lipinski definition) is 2. The second-order valence-electron chi connectivity index (χ2n) is 6.63. The molecule has 160 valence electrons. The van der Waals surface area contributed by atoms with Crippen LogP contribution in [0, 0.1) is 0 Å². The molecule has 2 N–H and O–H groups in total. The zero-order valence-corrected chi connectivity index (χ0v) is 17.3. The summed E-state index contributed by atoms with van der Waals surface area (Å²) < 4.78 is 15.8. The zero-order chi connectivity index (χ0) is 22.1. The minimum atomic E-state index is -0.988. The van der Waals surface area contributed by atoms with Crippen molar-refractivity contribution < 1.29 is 23.8 Å². The number of methoxy groups -OCH3 is 1. The van der Waals surface area contributed by atoms with Crippen LogP contribution >= 0.6 is 0 Å². The summed E-state index contributed by atoms with van der Waals surface area (Å²) in [4.78, 5) is 24.3. The van der Waals surface area contributed by atoms with Crippen LogP contribution in [-0.2, 0) is 14.3 Å². The Kier molecular flexibility index (Phi) is 7.48. The lowest BCUT2D eigenvalue weighted by Crippen LogP contribution is -2.31. The van der Waals surface area contributed by atoms with Gasteiger partial charge in [0.2, 0.25) is 0 Å². The number of rotatable bonds is 9. The molecule has 7 nitrogen and oxygen atoms in total. The minimum Gasteiger partial charge on any atom is -0.495 e. The topological polar surface area (TPSA) is 85.9 Å². The van der Waals surface area contributed by atoms with Crippen LogP contribution in [0.2, 0.25) is 0 Å². The second kappa shape index (κ2) is 10.7. The highest BCUT2D eigenvalue weighted by atomic mass is 16.6. The van der Waals surface area contributed by atoms with Crippen LogP contribution in [0.4, 0.5) is 17.1 Å². The van der Waals surface area contributed by atoms with Gasteiger partial charge in [0.15, 0.2) is 12.7 Å². The third kappa shape index (κ3) is 6.50. The molecule has 0 fully saturated rings. The van der Waals surface area contributed by atoms with E-state index in [9.17, 15) is 9.59 Å². The molecule has 1 amide bonds. The monoisotopic (exact) mass is 420 g/mol. The zero-order valence-electron chi connectivity index (χ0n) is 17.3. The smallest absolute Gasteiger partial charge is 0.344 e. The predicted octanol–water partition coefficient (Wildman–Crippen LogP) is 4.39. The second-order valence-corrected chi connectivity index (χ2v) is 6.63.